The summed E-state index contributed by atoms with van der Waals surface area (Å²) in [7, 11) is -12.8. The first-order valence-electron chi connectivity index (χ1n) is 7.84. The summed E-state index contributed by atoms with van der Waals surface area (Å²) in [6.45, 7) is 0. The van der Waals surface area contributed by atoms with Gasteiger partial charge < -0.3 is 13.7 Å². The summed E-state index contributed by atoms with van der Waals surface area (Å²) in [5.41, 5.74) is 0. The van der Waals surface area contributed by atoms with Gasteiger partial charge >= 0.3 is 26.2 Å². The van der Waals surface area contributed by atoms with E-state index in [-0.39, 0.29) is 40.9 Å². The SMILES string of the molecule is O=S(=O)([O-])c1ccccc1.O=S(=O)([O-])c1ccccc1.O=S(=O)([O-])c1ccccc1.[Bi+3]. The molecule has 0 spiro atoms. The van der Waals surface area contributed by atoms with E-state index in [9.17, 15) is 38.9 Å². The van der Waals surface area contributed by atoms with Gasteiger partial charge in [0.05, 0.1) is 14.7 Å². The van der Waals surface area contributed by atoms with Crippen molar-refractivity contribution >= 4 is 56.6 Å². The van der Waals surface area contributed by atoms with Crippen molar-refractivity contribution in [1.29, 1.82) is 0 Å². The molecule has 0 N–H and O–H groups in total. The van der Waals surface area contributed by atoms with Gasteiger partial charge in [0.1, 0.15) is 30.4 Å². The minimum absolute atomic E-state index is 0. The van der Waals surface area contributed by atoms with E-state index in [0.29, 0.717) is 0 Å². The van der Waals surface area contributed by atoms with Gasteiger partial charge in [0.15, 0.2) is 0 Å². The molecule has 13 heteroatoms. The Kier molecular flexibility index (Phi) is 12.2. The molecule has 0 aliphatic heterocycles. The van der Waals surface area contributed by atoms with Crippen LogP contribution in [-0.4, -0.2) is 65.1 Å². The molecule has 9 nitrogen and oxygen atoms in total. The summed E-state index contributed by atoms with van der Waals surface area (Å²) in [5.74, 6) is 0. The van der Waals surface area contributed by atoms with Crippen molar-refractivity contribution in [2.45, 2.75) is 14.7 Å². The minimum atomic E-state index is -4.25. The fraction of sp³-hybridized carbons (Fsp3) is 0. The number of hydrogen-bond acceptors (Lipinski definition) is 9. The molecule has 0 heterocycles. The third kappa shape index (κ3) is 12.0. The second kappa shape index (κ2) is 13.0. The van der Waals surface area contributed by atoms with E-state index in [2.05, 4.69) is 0 Å². The van der Waals surface area contributed by atoms with Crippen LogP contribution in [-0.2, 0) is 30.4 Å². The zero-order valence-corrected chi connectivity index (χ0v) is 21.4. The van der Waals surface area contributed by atoms with Gasteiger partial charge in [-0.05, 0) is 36.4 Å². The van der Waals surface area contributed by atoms with Crippen LogP contribution < -0.4 is 0 Å². The van der Waals surface area contributed by atoms with E-state index in [1.165, 1.54) is 72.8 Å². The smallest absolute Gasteiger partial charge is 0.744 e. The fourth-order valence-electron chi connectivity index (χ4n) is 1.76. The van der Waals surface area contributed by atoms with Crippen LogP contribution in [0.15, 0.2) is 106 Å². The Morgan fingerprint density at radius 1 is 0.387 bits per heavy atom. The molecule has 0 amide bonds. The van der Waals surface area contributed by atoms with Crippen LogP contribution in [0.5, 0.6) is 0 Å². The van der Waals surface area contributed by atoms with Gasteiger partial charge in [-0.1, -0.05) is 54.6 Å². The first-order valence-corrected chi connectivity index (χ1v) is 12.1. The van der Waals surface area contributed by atoms with Gasteiger partial charge in [0.2, 0.25) is 0 Å². The average molecular weight is 680 g/mol. The van der Waals surface area contributed by atoms with Crippen molar-refractivity contribution in [2.24, 2.45) is 0 Å². The van der Waals surface area contributed by atoms with E-state index in [0.717, 1.165) is 0 Å². The molecule has 31 heavy (non-hydrogen) atoms. The molecule has 0 aliphatic carbocycles. The molecule has 0 atom stereocenters. The predicted octanol–water partition coefficient (Wildman–Crippen LogP) is 1.39. The molecule has 0 unspecified atom stereocenters. The number of benzene rings is 3. The topological polar surface area (TPSA) is 172 Å². The molecular formula is C18H15BiO9S3. The van der Waals surface area contributed by atoms with Crippen LogP contribution in [0.25, 0.3) is 0 Å². The van der Waals surface area contributed by atoms with Crippen LogP contribution in [0, 0.1) is 0 Å². The maximum Gasteiger partial charge on any atom is 3.00 e. The van der Waals surface area contributed by atoms with Crippen molar-refractivity contribution in [2.75, 3.05) is 0 Å². The molecule has 164 valence electrons. The molecule has 0 aromatic heterocycles. The first-order chi connectivity index (χ1) is 13.8. The number of rotatable bonds is 3. The largest absolute Gasteiger partial charge is 3.00 e. The zero-order valence-electron chi connectivity index (χ0n) is 15.5. The second-order valence-corrected chi connectivity index (χ2v) is 9.44. The molecule has 3 aromatic carbocycles. The summed E-state index contributed by atoms with van der Waals surface area (Å²) in [4.78, 5) is -0.556. The molecule has 0 fully saturated rings. The van der Waals surface area contributed by atoms with E-state index < -0.39 is 30.4 Å². The van der Waals surface area contributed by atoms with E-state index in [1.807, 2.05) is 0 Å². The van der Waals surface area contributed by atoms with Crippen molar-refractivity contribution in [3.05, 3.63) is 91.0 Å². The van der Waals surface area contributed by atoms with Crippen LogP contribution in [0.4, 0.5) is 0 Å². The summed E-state index contributed by atoms with van der Waals surface area (Å²) >= 11 is 0. The van der Waals surface area contributed by atoms with Gasteiger partial charge in [-0.15, -0.1) is 0 Å². The van der Waals surface area contributed by atoms with Gasteiger partial charge in [-0.3, -0.25) is 0 Å². The average Bonchev–Trinajstić information content (AvgIpc) is 2.69. The predicted molar refractivity (Wildman–Crippen MR) is 109 cm³/mol. The van der Waals surface area contributed by atoms with Crippen LogP contribution >= 0.6 is 0 Å². The van der Waals surface area contributed by atoms with Crippen LogP contribution in [0.2, 0.25) is 0 Å². The van der Waals surface area contributed by atoms with Gasteiger partial charge in [0, 0.05) is 0 Å². The molecular weight excluding hydrogens is 665 g/mol. The summed E-state index contributed by atoms with van der Waals surface area (Å²) in [5, 5.41) is 0. The van der Waals surface area contributed by atoms with E-state index in [4.69, 9.17) is 0 Å². The Morgan fingerprint density at radius 3 is 0.645 bits per heavy atom. The monoisotopic (exact) mass is 680 g/mol. The first kappa shape index (κ1) is 29.3. The molecule has 2 radical (unpaired) electrons. The van der Waals surface area contributed by atoms with E-state index >= 15 is 0 Å². The third-order valence-corrected chi connectivity index (χ3v) is 5.64. The Bertz CT molecular complexity index is 1070. The molecule has 0 saturated carbocycles. The van der Waals surface area contributed by atoms with E-state index in [1.54, 1.807) is 18.2 Å². The third-order valence-electron chi connectivity index (χ3n) is 3.10. The van der Waals surface area contributed by atoms with Gasteiger partial charge in [0.25, 0.3) is 0 Å². The van der Waals surface area contributed by atoms with Crippen LogP contribution in [0.3, 0.4) is 0 Å². The molecule has 0 aliphatic rings. The Morgan fingerprint density at radius 2 is 0.548 bits per heavy atom. The maximum absolute atomic E-state index is 10.3. The quantitative estimate of drug-likeness (QED) is 0.293. The minimum Gasteiger partial charge on any atom is -0.744 e. The second-order valence-electron chi connectivity index (χ2n) is 5.30. The van der Waals surface area contributed by atoms with Gasteiger partial charge in [-0.25, -0.2) is 25.3 Å². The number of hydrogen-bond donors (Lipinski definition) is 0. The maximum atomic E-state index is 10.3. The van der Waals surface area contributed by atoms with Crippen molar-refractivity contribution in [3.8, 4) is 0 Å². The zero-order chi connectivity index (χ0) is 22.8. The summed E-state index contributed by atoms with van der Waals surface area (Å²) in [6.07, 6.45) is 0. The molecule has 3 aromatic rings. The summed E-state index contributed by atoms with van der Waals surface area (Å²) < 4.78 is 92.5. The van der Waals surface area contributed by atoms with Crippen LogP contribution in [0.1, 0.15) is 0 Å². The van der Waals surface area contributed by atoms with Crippen molar-refractivity contribution < 1.29 is 38.9 Å². The van der Waals surface area contributed by atoms with Gasteiger partial charge in [-0.2, -0.15) is 0 Å². The Balaban J connectivity index is 0.000000429. The standard InChI is InChI=1S/3C6H6O3S.Bi/c3*7-10(8,9)6-4-2-1-3-5-6;/h3*1-5H,(H,7,8,9);/q;;;+3/p-3. The Hall–Kier alpha value is -1.73. The molecule has 3 rings (SSSR count). The summed E-state index contributed by atoms with van der Waals surface area (Å²) in [6, 6.07) is 21.6. The normalized spacial score (nSPS) is 10.9. The van der Waals surface area contributed by atoms with Crippen molar-refractivity contribution in [3.63, 3.8) is 0 Å². The Labute approximate surface area is 200 Å². The molecule has 0 bridgehead atoms. The molecule has 0 saturated heterocycles. The van der Waals surface area contributed by atoms with Crippen molar-refractivity contribution in [1.82, 2.24) is 0 Å². The fourth-order valence-corrected chi connectivity index (χ4v) is 3.23.